The molecule has 0 fully saturated rings. The van der Waals surface area contributed by atoms with Gasteiger partial charge in [-0.2, -0.15) is 5.26 Å². The number of para-hydroxylation sites is 1. The number of methoxy groups -OCH3 is 2. The van der Waals surface area contributed by atoms with Crippen molar-refractivity contribution >= 4 is 11.6 Å². The third kappa shape index (κ3) is 2.92. The van der Waals surface area contributed by atoms with E-state index in [0.717, 1.165) is 0 Å². The molecule has 0 aliphatic carbocycles. The van der Waals surface area contributed by atoms with Crippen LogP contribution in [-0.2, 0) is 0 Å². The average molecular weight is 283 g/mol. The molecular formula is C15H13N3O3. The van der Waals surface area contributed by atoms with Gasteiger partial charge in [0.25, 0.3) is 5.91 Å². The molecule has 1 heterocycles. The van der Waals surface area contributed by atoms with Gasteiger partial charge in [0.2, 0.25) is 5.88 Å². The van der Waals surface area contributed by atoms with Gasteiger partial charge in [-0.1, -0.05) is 6.07 Å². The quantitative estimate of drug-likeness (QED) is 0.930. The summed E-state index contributed by atoms with van der Waals surface area (Å²) in [6.07, 6.45) is 1.53. The Bertz CT molecular complexity index is 708. The lowest BCUT2D eigenvalue weighted by atomic mass is 10.1. The normalized spacial score (nSPS) is 9.57. The van der Waals surface area contributed by atoms with E-state index in [0.29, 0.717) is 17.0 Å². The minimum Gasteiger partial charge on any atom is -0.495 e. The fraction of sp³-hybridized carbons (Fsp3) is 0.133. The Labute approximate surface area is 121 Å². The molecule has 1 N–H and O–H groups in total. The summed E-state index contributed by atoms with van der Waals surface area (Å²) in [5.41, 5.74) is 0.902. The first-order chi connectivity index (χ1) is 10.2. The Morgan fingerprint density at radius 3 is 2.71 bits per heavy atom. The molecule has 1 aromatic heterocycles. The van der Waals surface area contributed by atoms with Gasteiger partial charge in [0.15, 0.2) is 0 Å². The van der Waals surface area contributed by atoms with Crippen LogP contribution in [0.3, 0.4) is 0 Å². The Kier molecular flexibility index (Phi) is 4.36. The van der Waals surface area contributed by atoms with Crippen LogP contribution in [0.4, 0.5) is 5.69 Å². The molecule has 0 saturated carbocycles. The Morgan fingerprint density at radius 2 is 2.05 bits per heavy atom. The van der Waals surface area contributed by atoms with Crippen LogP contribution in [0.15, 0.2) is 36.5 Å². The first-order valence-electron chi connectivity index (χ1n) is 6.08. The summed E-state index contributed by atoms with van der Waals surface area (Å²) in [4.78, 5) is 16.3. The maximum Gasteiger partial charge on any atom is 0.261 e. The van der Waals surface area contributed by atoms with E-state index in [1.54, 1.807) is 30.3 Å². The lowest BCUT2D eigenvalue weighted by molar-refractivity contribution is 0.102. The number of aromatic nitrogens is 1. The van der Waals surface area contributed by atoms with Crippen LogP contribution in [0.25, 0.3) is 0 Å². The molecule has 2 aromatic rings. The third-order valence-electron chi connectivity index (χ3n) is 2.81. The summed E-state index contributed by atoms with van der Waals surface area (Å²) >= 11 is 0. The number of pyridine rings is 1. The minimum absolute atomic E-state index is 0.211. The van der Waals surface area contributed by atoms with Gasteiger partial charge in [-0.05, 0) is 24.3 Å². The second kappa shape index (κ2) is 6.39. The first kappa shape index (κ1) is 14.3. The first-order valence-corrected chi connectivity index (χ1v) is 6.08. The van der Waals surface area contributed by atoms with E-state index in [1.165, 1.54) is 20.4 Å². The number of rotatable bonds is 4. The molecular weight excluding hydrogens is 270 g/mol. The Hall–Kier alpha value is -3.07. The molecule has 0 bridgehead atoms. The van der Waals surface area contributed by atoms with Crippen LogP contribution in [0, 0.1) is 11.3 Å². The number of ether oxygens (including phenoxy) is 2. The zero-order valence-electron chi connectivity index (χ0n) is 11.6. The minimum atomic E-state index is -0.430. The van der Waals surface area contributed by atoms with Gasteiger partial charge in [-0.25, -0.2) is 4.98 Å². The van der Waals surface area contributed by atoms with Crippen molar-refractivity contribution in [3.63, 3.8) is 0 Å². The van der Waals surface area contributed by atoms with Crippen molar-refractivity contribution in [3.8, 4) is 17.7 Å². The molecule has 0 atom stereocenters. The molecule has 0 spiro atoms. The lowest BCUT2D eigenvalue weighted by Gasteiger charge is -2.12. The highest BCUT2D eigenvalue weighted by atomic mass is 16.5. The van der Waals surface area contributed by atoms with Gasteiger partial charge in [-0.3, -0.25) is 4.79 Å². The highest BCUT2D eigenvalue weighted by Gasteiger charge is 2.17. The number of amides is 1. The van der Waals surface area contributed by atoms with E-state index in [4.69, 9.17) is 14.7 Å². The maximum absolute atomic E-state index is 12.3. The van der Waals surface area contributed by atoms with E-state index in [9.17, 15) is 4.79 Å². The van der Waals surface area contributed by atoms with Crippen LogP contribution in [-0.4, -0.2) is 25.1 Å². The fourth-order valence-electron chi connectivity index (χ4n) is 1.83. The van der Waals surface area contributed by atoms with Crippen LogP contribution in [0.2, 0.25) is 0 Å². The predicted octanol–water partition coefficient (Wildman–Crippen LogP) is 2.22. The number of nitrogens with one attached hydrogen (secondary N) is 1. The van der Waals surface area contributed by atoms with Gasteiger partial charge in [-0.15, -0.1) is 0 Å². The van der Waals surface area contributed by atoms with E-state index >= 15 is 0 Å². The van der Waals surface area contributed by atoms with Gasteiger partial charge < -0.3 is 14.8 Å². The molecule has 6 heteroatoms. The van der Waals surface area contributed by atoms with Crippen molar-refractivity contribution < 1.29 is 14.3 Å². The second-order valence-corrected chi connectivity index (χ2v) is 4.01. The van der Waals surface area contributed by atoms with Crippen molar-refractivity contribution in [2.75, 3.05) is 19.5 Å². The Morgan fingerprint density at radius 1 is 1.24 bits per heavy atom. The zero-order valence-corrected chi connectivity index (χ0v) is 11.6. The molecule has 2 rings (SSSR count). The summed E-state index contributed by atoms with van der Waals surface area (Å²) < 4.78 is 10.2. The number of hydrogen-bond acceptors (Lipinski definition) is 5. The number of nitriles is 1. The number of nitrogens with zero attached hydrogens (tertiary/aromatic N) is 2. The standard InChI is InChI=1S/C15H13N3O3/c1-20-12-7-3-5-10(9-16)13(12)18-14(19)11-6-4-8-17-15(11)21-2/h3-8H,1-2H3,(H,18,19). The largest absolute Gasteiger partial charge is 0.495 e. The van der Waals surface area contributed by atoms with Gasteiger partial charge in [0.1, 0.15) is 23.1 Å². The second-order valence-electron chi connectivity index (χ2n) is 4.01. The molecule has 106 valence electrons. The molecule has 0 radical (unpaired) electrons. The zero-order chi connectivity index (χ0) is 15.2. The molecule has 0 aliphatic heterocycles. The number of anilines is 1. The summed E-state index contributed by atoms with van der Waals surface area (Å²) in [6.45, 7) is 0. The molecule has 1 amide bonds. The van der Waals surface area contributed by atoms with Crippen LogP contribution in [0.1, 0.15) is 15.9 Å². The highest BCUT2D eigenvalue weighted by molar-refractivity contribution is 6.07. The molecule has 6 nitrogen and oxygen atoms in total. The van der Waals surface area contributed by atoms with E-state index in [2.05, 4.69) is 10.3 Å². The lowest BCUT2D eigenvalue weighted by Crippen LogP contribution is -2.15. The summed E-state index contributed by atoms with van der Waals surface area (Å²) in [6, 6.07) is 10.2. The molecule has 1 aromatic carbocycles. The van der Waals surface area contributed by atoms with Gasteiger partial charge >= 0.3 is 0 Å². The van der Waals surface area contributed by atoms with Crippen molar-refractivity contribution in [2.45, 2.75) is 0 Å². The summed E-state index contributed by atoms with van der Waals surface area (Å²) in [5.74, 6) is 0.189. The highest BCUT2D eigenvalue weighted by Crippen LogP contribution is 2.29. The number of hydrogen-bond donors (Lipinski definition) is 1. The van der Waals surface area contributed by atoms with Crippen molar-refractivity contribution in [1.29, 1.82) is 5.26 Å². The van der Waals surface area contributed by atoms with Crippen molar-refractivity contribution in [3.05, 3.63) is 47.7 Å². The van der Waals surface area contributed by atoms with E-state index < -0.39 is 5.91 Å². The summed E-state index contributed by atoms with van der Waals surface area (Å²) in [7, 11) is 2.90. The average Bonchev–Trinajstić information content (AvgIpc) is 2.54. The van der Waals surface area contributed by atoms with Gasteiger partial charge in [0.05, 0.1) is 19.8 Å². The SMILES string of the molecule is COc1cccc(C#N)c1NC(=O)c1cccnc1OC. The number of carbonyl (C=O) groups excluding carboxylic acids is 1. The predicted molar refractivity (Wildman–Crippen MR) is 76.5 cm³/mol. The number of benzene rings is 1. The molecule has 0 unspecified atom stereocenters. The van der Waals surface area contributed by atoms with Crippen molar-refractivity contribution in [1.82, 2.24) is 4.98 Å². The monoisotopic (exact) mass is 283 g/mol. The van der Waals surface area contributed by atoms with E-state index in [-0.39, 0.29) is 11.4 Å². The Balaban J connectivity index is 2.39. The molecule has 0 aliphatic rings. The van der Waals surface area contributed by atoms with Gasteiger partial charge in [0, 0.05) is 6.20 Å². The topological polar surface area (TPSA) is 84.2 Å². The molecule has 0 saturated heterocycles. The summed E-state index contributed by atoms with van der Waals surface area (Å²) in [5, 5.41) is 11.8. The smallest absolute Gasteiger partial charge is 0.261 e. The van der Waals surface area contributed by atoms with Crippen molar-refractivity contribution in [2.24, 2.45) is 0 Å². The third-order valence-corrected chi connectivity index (χ3v) is 2.81. The fourth-order valence-corrected chi connectivity index (χ4v) is 1.83. The van der Waals surface area contributed by atoms with Crippen LogP contribution in [0.5, 0.6) is 11.6 Å². The van der Waals surface area contributed by atoms with E-state index in [1.807, 2.05) is 6.07 Å². The van der Waals surface area contributed by atoms with Crippen LogP contribution >= 0.6 is 0 Å². The van der Waals surface area contributed by atoms with Crippen LogP contribution < -0.4 is 14.8 Å². The number of carbonyl (C=O) groups is 1. The maximum atomic E-state index is 12.3. The molecule has 21 heavy (non-hydrogen) atoms.